The van der Waals surface area contributed by atoms with Crippen molar-refractivity contribution >= 4 is 11.4 Å². The summed E-state index contributed by atoms with van der Waals surface area (Å²) >= 11 is 0. The lowest BCUT2D eigenvalue weighted by molar-refractivity contribution is 0.388. The Morgan fingerprint density at radius 2 is 1.69 bits per heavy atom. The van der Waals surface area contributed by atoms with E-state index in [-0.39, 0.29) is 17.7 Å². The van der Waals surface area contributed by atoms with E-state index in [2.05, 4.69) is 0 Å². The number of methoxy groups -OCH3 is 2. The van der Waals surface area contributed by atoms with Gasteiger partial charge in [-0.3, -0.25) is 5.01 Å². The SMILES string of the molecule is COc1ccc([C@@H]2CC(c3ccc(F)cc3)=NN2c2ccccc2F)c(OC)c1. The van der Waals surface area contributed by atoms with Crippen LogP contribution in [0.2, 0.25) is 0 Å². The molecule has 0 saturated heterocycles. The molecule has 0 fully saturated rings. The van der Waals surface area contributed by atoms with Crippen molar-refractivity contribution in [3.63, 3.8) is 0 Å². The summed E-state index contributed by atoms with van der Waals surface area (Å²) in [6, 6.07) is 17.9. The number of anilines is 1. The van der Waals surface area contributed by atoms with Crippen LogP contribution in [0.4, 0.5) is 14.5 Å². The summed E-state index contributed by atoms with van der Waals surface area (Å²) in [6.07, 6.45) is 0.517. The number of hydrogen-bond acceptors (Lipinski definition) is 4. The molecule has 0 aromatic heterocycles. The molecule has 3 aromatic rings. The Hall–Kier alpha value is -3.41. The van der Waals surface area contributed by atoms with Crippen LogP contribution in [0.3, 0.4) is 0 Å². The summed E-state index contributed by atoms with van der Waals surface area (Å²) < 4.78 is 38.8. The van der Waals surface area contributed by atoms with Gasteiger partial charge in [0.05, 0.1) is 31.7 Å². The van der Waals surface area contributed by atoms with Gasteiger partial charge in [0.15, 0.2) is 0 Å². The molecule has 0 unspecified atom stereocenters. The molecule has 3 aromatic carbocycles. The van der Waals surface area contributed by atoms with Crippen molar-refractivity contribution in [2.24, 2.45) is 5.10 Å². The Kier molecular flexibility index (Phi) is 5.16. The molecule has 1 atom stereocenters. The highest BCUT2D eigenvalue weighted by Gasteiger charge is 2.33. The highest BCUT2D eigenvalue weighted by atomic mass is 19.1. The summed E-state index contributed by atoms with van der Waals surface area (Å²) in [6.45, 7) is 0. The van der Waals surface area contributed by atoms with E-state index < -0.39 is 0 Å². The van der Waals surface area contributed by atoms with Gasteiger partial charge in [0.2, 0.25) is 0 Å². The minimum absolute atomic E-state index is 0.284. The van der Waals surface area contributed by atoms with Crippen LogP contribution < -0.4 is 14.5 Å². The third-order valence-electron chi connectivity index (χ3n) is 4.99. The van der Waals surface area contributed by atoms with E-state index in [4.69, 9.17) is 14.6 Å². The predicted octanol–water partition coefficient (Wildman–Crippen LogP) is 5.34. The molecule has 4 rings (SSSR count). The van der Waals surface area contributed by atoms with Crippen molar-refractivity contribution in [1.29, 1.82) is 0 Å². The summed E-state index contributed by atoms with van der Waals surface area (Å²) in [5.41, 5.74) is 2.77. The van der Waals surface area contributed by atoms with Crippen LogP contribution in [-0.4, -0.2) is 19.9 Å². The van der Waals surface area contributed by atoms with Crippen molar-refractivity contribution < 1.29 is 18.3 Å². The van der Waals surface area contributed by atoms with Gasteiger partial charge in [-0.05, 0) is 42.0 Å². The molecule has 0 bridgehead atoms. The summed E-state index contributed by atoms with van der Waals surface area (Å²) in [5, 5.41) is 6.36. The highest BCUT2D eigenvalue weighted by molar-refractivity contribution is 6.03. The smallest absolute Gasteiger partial charge is 0.148 e. The van der Waals surface area contributed by atoms with Crippen molar-refractivity contribution in [3.8, 4) is 11.5 Å². The molecular formula is C23H20F2N2O2. The maximum absolute atomic E-state index is 14.6. The molecule has 1 heterocycles. The molecule has 0 radical (unpaired) electrons. The standard InChI is InChI=1S/C23H20F2N2O2/c1-28-17-11-12-18(23(13-17)29-2)22-14-20(15-7-9-16(24)10-8-15)26-27(22)21-6-4-3-5-19(21)25/h3-13,22H,14H2,1-2H3/t22-/m0/s1. The first-order valence-electron chi connectivity index (χ1n) is 9.20. The molecule has 0 N–H and O–H groups in total. The van der Waals surface area contributed by atoms with Gasteiger partial charge in [0.25, 0.3) is 0 Å². The molecule has 29 heavy (non-hydrogen) atoms. The number of nitrogens with zero attached hydrogens (tertiary/aromatic N) is 2. The Morgan fingerprint density at radius 3 is 2.38 bits per heavy atom. The molecule has 1 aliphatic heterocycles. The van der Waals surface area contributed by atoms with Crippen LogP contribution in [0.1, 0.15) is 23.6 Å². The van der Waals surface area contributed by atoms with E-state index in [0.29, 0.717) is 23.6 Å². The van der Waals surface area contributed by atoms with Crippen LogP contribution in [0.25, 0.3) is 0 Å². The van der Waals surface area contributed by atoms with Gasteiger partial charge < -0.3 is 9.47 Å². The maximum atomic E-state index is 14.6. The number of rotatable bonds is 5. The molecule has 0 spiro atoms. The minimum atomic E-state index is -0.367. The Bertz CT molecular complexity index is 1050. The highest BCUT2D eigenvalue weighted by Crippen LogP contribution is 2.42. The topological polar surface area (TPSA) is 34.1 Å². The minimum Gasteiger partial charge on any atom is -0.497 e. The maximum Gasteiger partial charge on any atom is 0.148 e. The molecule has 0 aliphatic carbocycles. The average molecular weight is 394 g/mol. The number of halogens is 2. The van der Waals surface area contributed by atoms with Gasteiger partial charge in [-0.15, -0.1) is 0 Å². The Morgan fingerprint density at radius 1 is 0.931 bits per heavy atom. The van der Waals surface area contributed by atoms with Gasteiger partial charge in [-0.1, -0.05) is 24.3 Å². The third kappa shape index (κ3) is 3.66. The summed E-state index contributed by atoms with van der Waals surface area (Å²) in [4.78, 5) is 0. The molecule has 0 saturated carbocycles. The second kappa shape index (κ2) is 7.91. The summed E-state index contributed by atoms with van der Waals surface area (Å²) in [7, 11) is 3.17. The second-order valence-corrected chi connectivity index (χ2v) is 6.68. The van der Waals surface area contributed by atoms with Crippen molar-refractivity contribution in [1.82, 2.24) is 0 Å². The fourth-order valence-corrected chi connectivity index (χ4v) is 3.52. The number of para-hydroxylation sites is 1. The first-order chi connectivity index (χ1) is 14.1. The van der Waals surface area contributed by atoms with E-state index in [0.717, 1.165) is 16.8 Å². The van der Waals surface area contributed by atoms with Crippen molar-refractivity contribution in [2.75, 3.05) is 19.2 Å². The van der Waals surface area contributed by atoms with Gasteiger partial charge in [0.1, 0.15) is 23.1 Å². The molecule has 1 aliphatic rings. The summed E-state index contributed by atoms with van der Waals surface area (Å²) in [5.74, 6) is 0.618. The quantitative estimate of drug-likeness (QED) is 0.586. The van der Waals surface area contributed by atoms with Crippen LogP contribution in [0.5, 0.6) is 11.5 Å². The number of benzene rings is 3. The molecule has 4 nitrogen and oxygen atoms in total. The predicted molar refractivity (Wildman–Crippen MR) is 109 cm³/mol. The van der Waals surface area contributed by atoms with Gasteiger partial charge in [-0.2, -0.15) is 5.10 Å². The number of hydrogen-bond donors (Lipinski definition) is 0. The zero-order valence-corrected chi connectivity index (χ0v) is 16.1. The molecule has 6 heteroatoms. The van der Waals surface area contributed by atoms with Gasteiger partial charge >= 0.3 is 0 Å². The average Bonchev–Trinajstić information content (AvgIpc) is 3.19. The first kappa shape index (κ1) is 18.9. The van der Waals surface area contributed by atoms with Crippen LogP contribution in [0.15, 0.2) is 71.8 Å². The van der Waals surface area contributed by atoms with Crippen molar-refractivity contribution in [2.45, 2.75) is 12.5 Å². The lowest BCUT2D eigenvalue weighted by Gasteiger charge is -2.25. The Labute approximate surface area is 168 Å². The zero-order chi connectivity index (χ0) is 20.4. The van der Waals surface area contributed by atoms with Crippen LogP contribution >= 0.6 is 0 Å². The second-order valence-electron chi connectivity index (χ2n) is 6.68. The molecular weight excluding hydrogens is 374 g/mol. The molecule has 0 amide bonds. The normalized spacial score (nSPS) is 15.9. The van der Waals surface area contributed by atoms with Gasteiger partial charge in [-0.25, -0.2) is 8.78 Å². The fourth-order valence-electron chi connectivity index (χ4n) is 3.52. The van der Waals surface area contributed by atoms with Crippen LogP contribution in [-0.2, 0) is 0 Å². The van der Waals surface area contributed by atoms with E-state index in [9.17, 15) is 8.78 Å². The Balaban J connectivity index is 1.80. The lowest BCUT2D eigenvalue weighted by Crippen LogP contribution is -2.20. The zero-order valence-electron chi connectivity index (χ0n) is 16.1. The largest absolute Gasteiger partial charge is 0.497 e. The number of ether oxygens (including phenoxy) is 2. The van der Waals surface area contributed by atoms with E-state index in [1.54, 1.807) is 55.6 Å². The lowest BCUT2D eigenvalue weighted by atomic mass is 9.97. The van der Waals surface area contributed by atoms with Gasteiger partial charge in [0, 0.05) is 18.1 Å². The number of hydrazone groups is 1. The van der Waals surface area contributed by atoms with Crippen molar-refractivity contribution in [3.05, 3.63) is 89.5 Å². The van der Waals surface area contributed by atoms with E-state index in [1.807, 2.05) is 12.1 Å². The molecule has 148 valence electrons. The van der Waals surface area contributed by atoms with E-state index >= 15 is 0 Å². The fraction of sp³-hybridized carbons (Fsp3) is 0.174. The first-order valence-corrected chi connectivity index (χ1v) is 9.20. The monoisotopic (exact) mass is 394 g/mol. The third-order valence-corrected chi connectivity index (χ3v) is 4.99. The van der Waals surface area contributed by atoms with E-state index in [1.165, 1.54) is 18.2 Å². The van der Waals surface area contributed by atoms with Crippen LogP contribution in [0, 0.1) is 11.6 Å².